The van der Waals surface area contributed by atoms with Gasteiger partial charge < -0.3 is 15.0 Å². The van der Waals surface area contributed by atoms with Crippen molar-refractivity contribution < 1.29 is 14.3 Å². The Morgan fingerprint density at radius 2 is 1.71 bits per heavy atom. The maximum absolute atomic E-state index is 12.9. The lowest BCUT2D eigenvalue weighted by Crippen LogP contribution is -2.49. The van der Waals surface area contributed by atoms with Crippen LogP contribution in [0.5, 0.6) is 5.75 Å². The minimum Gasteiger partial charge on any atom is -0.482 e. The van der Waals surface area contributed by atoms with E-state index in [4.69, 9.17) is 39.5 Å². The summed E-state index contributed by atoms with van der Waals surface area (Å²) in [7, 11) is 1.54. The Hall–Kier alpha value is -1.95. The molecule has 150 valence electrons. The highest BCUT2D eigenvalue weighted by molar-refractivity contribution is 6.35. The largest absolute Gasteiger partial charge is 0.482 e. The Morgan fingerprint density at radius 1 is 1.07 bits per heavy atom. The molecule has 0 aliphatic heterocycles. The Balaban J connectivity index is 2.19. The van der Waals surface area contributed by atoms with Gasteiger partial charge in [0.2, 0.25) is 5.91 Å². The third-order valence-electron chi connectivity index (χ3n) is 4.14. The Kier molecular flexibility index (Phi) is 8.42. The van der Waals surface area contributed by atoms with Crippen molar-refractivity contribution in [2.45, 2.75) is 25.9 Å². The summed E-state index contributed by atoms with van der Waals surface area (Å²) < 4.78 is 5.56. The van der Waals surface area contributed by atoms with E-state index in [0.29, 0.717) is 27.2 Å². The third kappa shape index (κ3) is 6.03. The molecule has 1 N–H and O–H groups in total. The molecule has 1 atom stereocenters. The van der Waals surface area contributed by atoms with Crippen molar-refractivity contribution >= 4 is 46.6 Å². The highest BCUT2D eigenvalue weighted by Crippen LogP contribution is 2.27. The first-order chi connectivity index (χ1) is 13.3. The van der Waals surface area contributed by atoms with Crippen molar-refractivity contribution in [2.24, 2.45) is 0 Å². The second kappa shape index (κ2) is 10.6. The summed E-state index contributed by atoms with van der Waals surface area (Å²) in [6, 6.07) is 11.2. The van der Waals surface area contributed by atoms with Crippen LogP contribution in [0.15, 0.2) is 42.5 Å². The van der Waals surface area contributed by atoms with Gasteiger partial charge in [0.05, 0.1) is 5.02 Å². The number of hydrogen-bond acceptors (Lipinski definition) is 3. The Bertz CT molecular complexity index is 828. The fraction of sp³-hybridized carbons (Fsp3) is 0.300. The summed E-state index contributed by atoms with van der Waals surface area (Å²) in [6.45, 7) is 1.83. The van der Waals surface area contributed by atoms with Crippen molar-refractivity contribution in [3.8, 4) is 5.75 Å². The van der Waals surface area contributed by atoms with Crippen LogP contribution in [0, 0.1) is 0 Å². The van der Waals surface area contributed by atoms with Crippen molar-refractivity contribution in [3.05, 3.63) is 63.1 Å². The predicted octanol–water partition coefficient (Wildman–Crippen LogP) is 4.58. The average Bonchev–Trinajstić information content (AvgIpc) is 2.68. The molecule has 0 aliphatic carbocycles. The summed E-state index contributed by atoms with van der Waals surface area (Å²) in [5.41, 5.74) is 0.852. The molecule has 2 amide bonds. The van der Waals surface area contributed by atoms with Gasteiger partial charge in [-0.1, -0.05) is 53.9 Å². The van der Waals surface area contributed by atoms with Gasteiger partial charge in [-0.3, -0.25) is 9.59 Å². The maximum Gasteiger partial charge on any atom is 0.261 e. The standard InChI is InChI=1S/C20H21Cl3N2O3/c1-3-17(20(27)24-2)25(11-13-4-6-14(21)7-5-13)19(26)12-28-18-9-8-15(22)10-16(18)23/h4-10,17H,3,11-12H2,1-2H3,(H,24,27)/t17-/m1/s1. The van der Waals surface area contributed by atoms with Crippen LogP contribution in [0.4, 0.5) is 0 Å². The van der Waals surface area contributed by atoms with Crippen LogP contribution in [-0.4, -0.2) is 36.4 Å². The lowest BCUT2D eigenvalue weighted by molar-refractivity contribution is -0.142. The van der Waals surface area contributed by atoms with Gasteiger partial charge in [-0.2, -0.15) is 0 Å². The molecule has 0 fully saturated rings. The van der Waals surface area contributed by atoms with E-state index in [9.17, 15) is 9.59 Å². The topological polar surface area (TPSA) is 58.6 Å². The number of nitrogens with zero attached hydrogens (tertiary/aromatic N) is 1. The second-order valence-electron chi connectivity index (χ2n) is 6.05. The van der Waals surface area contributed by atoms with Crippen LogP contribution < -0.4 is 10.1 Å². The van der Waals surface area contributed by atoms with Crippen LogP contribution >= 0.6 is 34.8 Å². The van der Waals surface area contributed by atoms with Crippen LogP contribution in [0.25, 0.3) is 0 Å². The van der Waals surface area contributed by atoms with Crippen LogP contribution in [-0.2, 0) is 16.1 Å². The highest BCUT2D eigenvalue weighted by Gasteiger charge is 2.28. The lowest BCUT2D eigenvalue weighted by atomic mass is 10.1. The molecule has 8 heteroatoms. The number of ether oxygens (including phenoxy) is 1. The Labute approximate surface area is 179 Å². The van der Waals surface area contributed by atoms with Crippen molar-refractivity contribution in [1.82, 2.24) is 10.2 Å². The molecule has 0 heterocycles. The molecule has 0 spiro atoms. The third-order valence-corrected chi connectivity index (χ3v) is 4.93. The summed E-state index contributed by atoms with van der Waals surface area (Å²) in [4.78, 5) is 26.7. The number of hydrogen-bond donors (Lipinski definition) is 1. The molecule has 2 aromatic rings. The van der Waals surface area contributed by atoms with Crippen LogP contribution in [0.2, 0.25) is 15.1 Å². The minimum atomic E-state index is -0.627. The highest BCUT2D eigenvalue weighted by atomic mass is 35.5. The van der Waals surface area contributed by atoms with E-state index < -0.39 is 6.04 Å². The van der Waals surface area contributed by atoms with E-state index in [0.717, 1.165) is 5.56 Å². The molecular weight excluding hydrogens is 423 g/mol. The van der Waals surface area contributed by atoms with E-state index in [1.165, 1.54) is 11.0 Å². The molecule has 0 bridgehead atoms. The zero-order chi connectivity index (χ0) is 20.7. The Morgan fingerprint density at radius 3 is 2.29 bits per heavy atom. The number of carbonyl (C=O) groups is 2. The zero-order valence-electron chi connectivity index (χ0n) is 15.5. The van der Waals surface area contributed by atoms with Crippen molar-refractivity contribution in [2.75, 3.05) is 13.7 Å². The predicted molar refractivity (Wildman–Crippen MR) is 112 cm³/mol. The van der Waals surface area contributed by atoms with Gasteiger partial charge in [-0.25, -0.2) is 0 Å². The molecule has 5 nitrogen and oxygen atoms in total. The van der Waals surface area contributed by atoms with E-state index in [2.05, 4.69) is 5.32 Å². The number of rotatable bonds is 8. The number of likely N-dealkylation sites (N-methyl/N-ethyl adjacent to an activating group) is 1. The molecule has 2 aromatic carbocycles. The normalized spacial score (nSPS) is 11.6. The molecule has 0 saturated carbocycles. The van der Waals surface area contributed by atoms with E-state index in [1.807, 2.05) is 19.1 Å². The van der Waals surface area contributed by atoms with Gasteiger partial charge in [0.25, 0.3) is 5.91 Å². The summed E-state index contributed by atoms with van der Waals surface area (Å²) >= 11 is 17.9. The van der Waals surface area contributed by atoms with Crippen LogP contribution in [0.3, 0.4) is 0 Å². The smallest absolute Gasteiger partial charge is 0.261 e. The maximum atomic E-state index is 12.9. The molecule has 0 unspecified atom stereocenters. The van der Waals surface area contributed by atoms with Gasteiger partial charge in [0, 0.05) is 23.6 Å². The monoisotopic (exact) mass is 442 g/mol. The zero-order valence-corrected chi connectivity index (χ0v) is 17.8. The first-order valence-electron chi connectivity index (χ1n) is 8.69. The number of benzene rings is 2. The fourth-order valence-corrected chi connectivity index (χ4v) is 3.28. The number of carbonyl (C=O) groups excluding carboxylic acids is 2. The molecule has 28 heavy (non-hydrogen) atoms. The van der Waals surface area contributed by atoms with Gasteiger partial charge in [0.1, 0.15) is 11.8 Å². The summed E-state index contributed by atoms with van der Waals surface area (Å²) in [5.74, 6) is -0.232. The van der Waals surface area contributed by atoms with Gasteiger partial charge >= 0.3 is 0 Å². The van der Waals surface area contributed by atoms with E-state index in [1.54, 1.807) is 31.3 Å². The SMILES string of the molecule is CC[C@H](C(=O)NC)N(Cc1ccc(Cl)cc1)C(=O)COc1ccc(Cl)cc1Cl. The van der Waals surface area contributed by atoms with E-state index >= 15 is 0 Å². The molecule has 0 aromatic heterocycles. The summed E-state index contributed by atoms with van der Waals surface area (Å²) in [5, 5.41) is 3.98. The van der Waals surface area contributed by atoms with Crippen LogP contribution in [0.1, 0.15) is 18.9 Å². The molecule has 2 rings (SSSR count). The number of nitrogens with one attached hydrogen (secondary N) is 1. The van der Waals surface area contributed by atoms with E-state index in [-0.39, 0.29) is 25.0 Å². The van der Waals surface area contributed by atoms with Gasteiger partial charge in [-0.15, -0.1) is 0 Å². The number of amides is 2. The minimum absolute atomic E-state index is 0.241. The van der Waals surface area contributed by atoms with Crippen molar-refractivity contribution in [3.63, 3.8) is 0 Å². The molecule has 0 aliphatic rings. The molecular formula is C20H21Cl3N2O3. The average molecular weight is 444 g/mol. The van der Waals surface area contributed by atoms with Gasteiger partial charge in [-0.05, 0) is 42.3 Å². The lowest BCUT2D eigenvalue weighted by Gasteiger charge is -2.30. The molecule has 0 saturated heterocycles. The quantitative estimate of drug-likeness (QED) is 0.650. The number of halogens is 3. The first-order valence-corrected chi connectivity index (χ1v) is 9.82. The first kappa shape index (κ1) is 22.3. The second-order valence-corrected chi connectivity index (χ2v) is 7.33. The fourth-order valence-electron chi connectivity index (χ4n) is 2.69. The molecule has 0 radical (unpaired) electrons. The summed E-state index contributed by atoms with van der Waals surface area (Å²) in [6.07, 6.45) is 0.459. The van der Waals surface area contributed by atoms with Gasteiger partial charge in [0.15, 0.2) is 6.61 Å². The van der Waals surface area contributed by atoms with Crippen molar-refractivity contribution in [1.29, 1.82) is 0 Å².